The van der Waals surface area contributed by atoms with Crippen LogP contribution in [0.25, 0.3) is 0 Å². The topological polar surface area (TPSA) is 81.8 Å². The van der Waals surface area contributed by atoms with Gasteiger partial charge in [0.1, 0.15) is 5.54 Å². The number of alkyl halides is 3. The Morgan fingerprint density at radius 1 is 1.17 bits per heavy atom. The van der Waals surface area contributed by atoms with Crippen molar-refractivity contribution < 1.29 is 27.6 Å². The Balaban J connectivity index is 1.96. The van der Waals surface area contributed by atoms with Crippen LogP contribution in [0.3, 0.4) is 0 Å². The monoisotopic (exact) mass is 404 g/mol. The molecule has 0 spiro atoms. The molecule has 1 heterocycles. The quantitative estimate of drug-likeness (QED) is 0.309. The lowest BCUT2D eigenvalue weighted by atomic mass is 9.84. The van der Waals surface area contributed by atoms with Crippen LogP contribution in [0, 0.1) is 10.1 Å². The highest BCUT2D eigenvalue weighted by atomic mass is 19.4. The first-order chi connectivity index (χ1) is 13.7. The van der Waals surface area contributed by atoms with E-state index in [4.69, 9.17) is 4.74 Å². The minimum atomic E-state index is -4.59. The Kier molecular flexibility index (Phi) is 5.23. The third-order valence-corrected chi connectivity index (χ3v) is 4.57. The standard InChI is InChI=1S/C20H15F3N2O4/c1-2-19(14-7-3-4-8-15(14)20(21,22)23)11-13(12-24-19)18(26)29-17-10-6-5-9-16(17)25(27)28/h3-12H,2H2,1H3. The van der Waals surface area contributed by atoms with Gasteiger partial charge in [0.25, 0.3) is 0 Å². The van der Waals surface area contributed by atoms with Crippen LogP contribution in [0.2, 0.25) is 0 Å². The Morgan fingerprint density at radius 2 is 1.83 bits per heavy atom. The molecule has 6 nitrogen and oxygen atoms in total. The lowest BCUT2D eigenvalue weighted by Crippen LogP contribution is -2.23. The maximum atomic E-state index is 13.4. The molecule has 3 rings (SSSR count). The van der Waals surface area contributed by atoms with E-state index in [1.54, 1.807) is 6.92 Å². The van der Waals surface area contributed by atoms with Crippen molar-refractivity contribution in [2.75, 3.05) is 0 Å². The molecule has 0 aliphatic carbocycles. The van der Waals surface area contributed by atoms with Gasteiger partial charge in [0.05, 0.1) is 16.1 Å². The molecule has 0 radical (unpaired) electrons. The molecule has 9 heteroatoms. The summed E-state index contributed by atoms with van der Waals surface area (Å²) < 4.78 is 45.4. The Bertz CT molecular complexity index is 1030. The summed E-state index contributed by atoms with van der Waals surface area (Å²) in [5.41, 5.74) is -2.80. The molecule has 29 heavy (non-hydrogen) atoms. The number of carbonyl (C=O) groups is 1. The highest BCUT2D eigenvalue weighted by molar-refractivity contribution is 6.12. The van der Waals surface area contributed by atoms with Crippen LogP contribution in [0.1, 0.15) is 24.5 Å². The van der Waals surface area contributed by atoms with Crippen molar-refractivity contribution in [2.24, 2.45) is 4.99 Å². The molecule has 0 aromatic heterocycles. The molecule has 1 atom stereocenters. The molecule has 2 aromatic carbocycles. The van der Waals surface area contributed by atoms with Gasteiger partial charge in [-0.1, -0.05) is 37.3 Å². The van der Waals surface area contributed by atoms with E-state index in [1.165, 1.54) is 48.5 Å². The smallest absolute Gasteiger partial charge is 0.416 e. The van der Waals surface area contributed by atoms with E-state index in [0.29, 0.717) is 0 Å². The maximum Gasteiger partial charge on any atom is 0.416 e. The van der Waals surface area contributed by atoms with Crippen molar-refractivity contribution >= 4 is 17.9 Å². The number of rotatable bonds is 5. The normalized spacial score (nSPS) is 18.4. The fourth-order valence-electron chi connectivity index (χ4n) is 3.12. The minimum Gasteiger partial charge on any atom is -0.416 e. The summed E-state index contributed by atoms with van der Waals surface area (Å²) in [6, 6.07) is 10.3. The number of aliphatic imine (C=N–C) groups is 1. The van der Waals surface area contributed by atoms with Gasteiger partial charge in [0.2, 0.25) is 5.75 Å². The average molecular weight is 404 g/mol. The number of para-hydroxylation sites is 2. The SMILES string of the molecule is CCC1(c2ccccc2C(F)(F)F)C=C(C(=O)Oc2ccccc2[N+](=O)[O-])C=N1. The minimum absolute atomic E-state index is 0.0815. The van der Waals surface area contributed by atoms with Crippen LogP contribution >= 0.6 is 0 Å². The van der Waals surface area contributed by atoms with Crippen molar-refractivity contribution in [3.63, 3.8) is 0 Å². The molecule has 1 unspecified atom stereocenters. The van der Waals surface area contributed by atoms with E-state index in [0.717, 1.165) is 12.3 Å². The summed E-state index contributed by atoms with van der Waals surface area (Å²) in [7, 11) is 0. The molecule has 2 aromatic rings. The molecule has 1 aliphatic heterocycles. The number of halogens is 3. The van der Waals surface area contributed by atoms with Crippen LogP contribution in [-0.2, 0) is 16.5 Å². The van der Waals surface area contributed by atoms with E-state index in [2.05, 4.69) is 4.99 Å². The number of nitro groups is 1. The molecule has 0 bridgehead atoms. The fourth-order valence-corrected chi connectivity index (χ4v) is 3.12. The van der Waals surface area contributed by atoms with E-state index < -0.39 is 33.9 Å². The van der Waals surface area contributed by atoms with E-state index >= 15 is 0 Å². The lowest BCUT2D eigenvalue weighted by molar-refractivity contribution is -0.385. The number of esters is 1. The Hall–Kier alpha value is -3.49. The second-order valence-electron chi connectivity index (χ2n) is 6.29. The summed E-state index contributed by atoms with van der Waals surface area (Å²) >= 11 is 0. The molecule has 0 N–H and O–H groups in total. The second kappa shape index (κ2) is 7.50. The molecular weight excluding hydrogens is 389 g/mol. The van der Waals surface area contributed by atoms with Gasteiger partial charge in [-0.3, -0.25) is 15.1 Å². The number of benzene rings is 2. The van der Waals surface area contributed by atoms with Gasteiger partial charge in [-0.2, -0.15) is 13.2 Å². The van der Waals surface area contributed by atoms with E-state index in [1.807, 2.05) is 0 Å². The van der Waals surface area contributed by atoms with Gasteiger partial charge >= 0.3 is 17.8 Å². The van der Waals surface area contributed by atoms with Gasteiger partial charge < -0.3 is 4.74 Å². The summed E-state index contributed by atoms with van der Waals surface area (Å²) in [5, 5.41) is 11.1. The van der Waals surface area contributed by atoms with Gasteiger partial charge in [-0.05, 0) is 30.2 Å². The summed E-state index contributed by atoms with van der Waals surface area (Å²) in [6.07, 6.45) is -1.99. The highest BCUT2D eigenvalue weighted by Crippen LogP contribution is 2.43. The fraction of sp³-hybridized carbons (Fsp3) is 0.200. The summed E-state index contributed by atoms with van der Waals surface area (Å²) in [5.74, 6) is -1.20. The number of ether oxygens (including phenoxy) is 1. The van der Waals surface area contributed by atoms with Gasteiger partial charge in [-0.15, -0.1) is 0 Å². The van der Waals surface area contributed by atoms with Crippen molar-refractivity contribution in [3.05, 3.63) is 81.4 Å². The number of nitrogens with zero attached hydrogens (tertiary/aromatic N) is 2. The predicted octanol–water partition coefficient (Wildman–Crippen LogP) is 4.84. The Morgan fingerprint density at radius 3 is 2.48 bits per heavy atom. The van der Waals surface area contributed by atoms with Gasteiger partial charge in [-0.25, -0.2) is 4.79 Å². The molecule has 1 aliphatic rings. The van der Waals surface area contributed by atoms with E-state index in [9.17, 15) is 28.1 Å². The third kappa shape index (κ3) is 3.89. The van der Waals surface area contributed by atoms with Crippen LogP contribution < -0.4 is 4.74 Å². The third-order valence-electron chi connectivity index (χ3n) is 4.57. The van der Waals surface area contributed by atoms with Crippen LogP contribution in [0.15, 0.2) is 65.2 Å². The molecule has 0 amide bonds. The molecule has 150 valence electrons. The van der Waals surface area contributed by atoms with Crippen molar-refractivity contribution in [2.45, 2.75) is 25.1 Å². The first-order valence-electron chi connectivity index (χ1n) is 8.58. The largest absolute Gasteiger partial charge is 0.416 e. The zero-order valence-corrected chi connectivity index (χ0v) is 15.1. The van der Waals surface area contributed by atoms with Crippen LogP contribution in [-0.4, -0.2) is 17.1 Å². The first kappa shape index (κ1) is 20.2. The number of nitro benzene ring substituents is 1. The molecule has 0 saturated heterocycles. The average Bonchev–Trinajstić information content (AvgIpc) is 3.13. The van der Waals surface area contributed by atoms with Crippen molar-refractivity contribution in [1.29, 1.82) is 0 Å². The number of carbonyl (C=O) groups excluding carboxylic acids is 1. The van der Waals surface area contributed by atoms with Gasteiger partial charge in [0, 0.05) is 12.3 Å². The lowest BCUT2D eigenvalue weighted by Gasteiger charge is -2.26. The van der Waals surface area contributed by atoms with Crippen molar-refractivity contribution in [1.82, 2.24) is 0 Å². The summed E-state index contributed by atoms with van der Waals surface area (Å²) in [4.78, 5) is 27.0. The predicted molar refractivity (Wildman–Crippen MR) is 98.7 cm³/mol. The van der Waals surface area contributed by atoms with E-state index in [-0.39, 0.29) is 23.3 Å². The molecule has 0 saturated carbocycles. The maximum absolute atomic E-state index is 13.4. The number of hydrogen-bond donors (Lipinski definition) is 0. The zero-order chi connectivity index (χ0) is 21.2. The van der Waals surface area contributed by atoms with Crippen molar-refractivity contribution in [3.8, 4) is 5.75 Å². The first-order valence-corrected chi connectivity index (χ1v) is 8.58. The highest BCUT2D eigenvalue weighted by Gasteiger charge is 2.42. The second-order valence-corrected chi connectivity index (χ2v) is 6.29. The van der Waals surface area contributed by atoms with Gasteiger partial charge in [0.15, 0.2) is 0 Å². The van der Waals surface area contributed by atoms with Crippen LogP contribution in [0.4, 0.5) is 18.9 Å². The molecule has 0 fully saturated rings. The molecular formula is C20H15F3N2O4. The zero-order valence-electron chi connectivity index (χ0n) is 15.1. The number of hydrogen-bond acceptors (Lipinski definition) is 5. The Labute approximate surface area is 163 Å². The summed E-state index contributed by atoms with van der Waals surface area (Å²) in [6.45, 7) is 1.65. The van der Waals surface area contributed by atoms with Crippen LogP contribution in [0.5, 0.6) is 5.75 Å².